The highest BCUT2D eigenvalue weighted by Gasteiger charge is 2.60. The summed E-state index contributed by atoms with van der Waals surface area (Å²) in [6.45, 7) is 4.67. The topological polar surface area (TPSA) is 68.3 Å². The molecule has 0 bridgehead atoms. The Morgan fingerprint density at radius 3 is 2.33 bits per heavy atom. The molecule has 2 aliphatic heterocycles. The van der Waals surface area contributed by atoms with Crippen molar-refractivity contribution in [1.29, 1.82) is 0 Å². The molecule has 5 rings (SSSR count). The van der Waals surface area contributed by atoms with Crippen molar-refractivity contribution < 1.29 is 23.9 Å². The van der Waals surface area contributed by atoms with Gasteiger partial charge in [-0.1, -0.05) is 55.3 Å². The molecule has 0 unspecified atom stereocenters. The second-order valence-electron chi connectivity index (χ2n) is 9.12. The van der Waals surface area contributed by atoms with Gasteiger partial charge in [-0.25, -0.2) is 9.96 Å². The Labute approximate surface area is 211 Å². The number of imide groups is 1. The van der Waals surface area contributed by atoms with E-state index in [1.807, 2.05) is 67.6 Å². The fraction of sp³-hybridized carbons (Fsp3) is 0.310. The third-order valence-corrected chi connectivity index (χ3v) is 6.70. The van der Waals surface area contributed by atoms with E-state index in [0.29, 0.717) is 23.8 Å². The number of hydrogen-bond acceptors (Lipinski definition) is 6. The molecule has 186 valence electrons. The minimum absolute atomic E-state index is 0.278. The van der Waals surface area contributed by atoms with Crippen LogP contribution >= 0.6 is 0 Å². The van der Waals surface area contributed by atoms with Crippen molar-refractivity contribution in [2.75, 3.05) is 23.7 Å². The SMILES string of the molecule is CCCCOc1ccc([C@@H]2[C@@H]3C(=O)N(c4ccc(C)cc4)C(=O)[C@H]3ON2c2ccccc2)cc1OC. The van der Waals surface area contributed by atoms with Crippen LogP contribution < -0.4 is 19.4 Å². The predicted octanol–water partition coefficient (Wildman–Crippen LogP) is 5.23. The van der Waals surface area contributed by atoms with Gasteiger partial charge in [0.05, 0.1) is 31.1 Å². The first kappa shape index (κ1) is 23.9. The summed E-state index contributed by atoms with van der Waals surface area (Å²) >= 11 is 0. The monoisotopic (exact) mass is 486 g/mol. The average molecular weight is 487 g/mol. The van der Waals surface area contributed by atoms with Gasteiger partial charge in [0.25, 0.3) is 5.91 Å². The number of carbonyl (C=O) groups excluding carboxylic acids is 2. The Hall–Kier alpha value is -3.84. The second-order valence-corrected chi connectivity index (χ2v) is 9.12. The lowest BCUT2D eigenvalue weighted by Crippen LogP contribution is -2.37. The molecule has 2 heterocycles. The van der Waals surface area contributed by atoms with Crippen molar-refractivity contribution in [2.45, 2.75) is 38.8 Å². The van der Waals surface area contributed by atoms with E-state index in [1.165, 1.54) is 4.90 Å². The zero-order valence-corrected chi connectivity index (χ0v) is 20.7. The molecule has 2 amide bonds. The minimum Gasteiger partial charge on any atom is -0.493 e. The van der Waals surface area contributed by atoms with Crippen LogP contribution in [0.1, 0.15) is 36.9 Å². The van der Waals surface area contributed by atoms with E-state index in [1.54, 1.807) is 24.3 Å². The Kier molecular flexibility index (Phi) is 6.65. The lowest BCUT2D eigenvalue weighted by molar-refractivity contribution is -0.126. The maximum absolute atomic E-state index is 13.8. The van der Waals surface area contributed by atoms with E-state index in [9.17, 15) is 9.59 Å². The molecule has 0 radical (unpaired) electrons. The Bertz CT molecular complexity index is 1240. The van der Waals surface area contributed by atoms with E-state index in [0.717, 1.165) is 29.7 Å². The maximum Gasteiger partial charge on any atom is 0.266 e. The average Bonchev–Trinajstić information content (AvgIpc) is 3.41. The fourth-order valence-corrected chi connectivity index (χ4v) is 4.81. The van der Waals surface area contributed by atoms with Gasteiger partial charge in [0.2, 0.25) is 5.91 Å². The molecule has 3 aromatic carbocycles. The molecule has 7 nitrogen and oxygen atoms in total. The van der Waals surface area contributed by atoms with E-state index in [4.69, 9.17) is 14.3 Å². The molecule has 3 atom stereocenters. The van der Waals surface area contributed by atoms with Crippen molar-refractivity contribution in [3.63, 3.8) is 0 Å². The summed E-state index contributed by atoms with van der Waals surface area (Å²) in [5, 5.41) is 1.68. The highest BCUT2D eigenvalue weighted by molar-refractivity contribution is 6.23. The maximum atomic E-state index is 13.8. The van der Waals surface area contributed by atoms with Crippen molar-refractivity contribution in [3.05, 3.63) is 83.9 Å². The molecule has 0 spiro atoms. The zero-order valence-electron chi connectivity index (χ0n) is 20.7. The van der Waals surface area contributed by atoms with Crippen molar-refractivity contribution in [2.24, 2.45) is 5.92 Å². The van der Waals surface area contributed by atoms with Crippen LogP contribution in [-0.2, 0) is 14.4 Å². The van der Waals surface area contributed by atoms with Gasteiger partial charge in [0.1, 0.15) is 5.92 Å². The smallest absolute Gasteiger partial charge is 0.266 e. The number of ether oxygens (including phenoxy) is 2. The van der Waals surface area contributed by atoms with Crippen LogP contribution in [0.15, 0.2) is 72.8 Å². The van der Waals surface area contributed by atoms with Crippen LogP contribution in [-0.4, -0.2) is 31.6 Å². The normalized spacial score (nSPS) is 21.1. The molecular weight excluding hydrogens is 456 g/mol. The molecule has 2 fully saturated rings. The number of rotatable bonds is 8. The molecule has 0 aliphatic carbocycles. The summed E-state index contributed by atoms with van der Waals surface area (Å²) in [5.41, 5.74) is 3.17. The first-order chi connectivity index (χ1) is 17.5. The van der Waals surface area contributed by atoms with Crippen LogP contribution in [0.25, 0.3) is 0 Å². The Morgan fingerprint density at radius 2 is 1.64 bits per heavy atom. The van der Waals surface area contributed by atoms with Gasteiger partial charge in [-0.05, 0) is 55.3 Å². The molecule has 3 aromatic rings. The van der Waals surface area contributed by atoms with Crippen LogP contribution in [0.4, 0.5) is 11.4 Å². The van der Waals surface area contributed by atoms with Gasteiger partial charge in [0.15, 0.2) is 17.6 Å². The lowest BCUT2D eigenvalue weighted by atomic mass is 9.90. The summed E-state index contributed by atoms with van der Waals surface area (Å²) < 4.78 is 11.5. The molecule has 0 N–H and O–H groups in total. The number of fused-ring (bicyclic) bond motifs is 1. The summed E-state index contributed by atoms with van der Waals surface area (Å²) in [5.74, 6) is -0.127. The van der Waals surface area contributed by atoms with Gasteiger partial charge < -0.3 is 9.47 Å². The third-order valence-electron chi connectivity index (χ3n) is 6.70. The van der Waals surface area contributed by atoms with E-state index >= 15 is 0 Å². The summed E-state index contributed by atoms with van der Waals surface area (Å²) in [6.07, 6.45) is 1.05. The molecule has 0 saturated carbocycles. The molecular formula is C29H30N2O5. The van der Waals surface area contributed by atoms with Crippen molar-refractivity contribution in [3.8, 4) is 11.5 Å². The van der Waals surface area contributed by atoms with Crippen molar-refractivity contribution >= 4 is 23.2 Å². The number of amides is 2. The number of hydrogen-bond donors (Lipinski definition) is 0. The number of anilines is 2. The summed E-state index contributed by atoms with van der Waals surface area (Å²) in [4.78, 5) is 34.7. The van der Waals surface area contributed by atoms with Gasteiger partial charge in [-0.15, -0.1) is 0 Å². The van der Waals surface area contributed by atoms with E-state index in [2.05, 4.69) is 6.92 Å². The number of para-hydroxylation sites is 1. The highest BCUT2D eigenvalue weighted by atomic mass is 16.7. The number of unbranched alkanes of at least 4 members (excludes halogenated alkanes) is 1. The van der Waals surface area contributed by atoms with E-state index in [-0.39, 0.29) is 11.8 Å². The number of aryl methyl sites for hydroxylation is 1. The van der Waals surface area contributed by atoms with Crippen LogP contribution in [0, 0.1) is 12.8 Å². The highest BCUT2D eigenvalue weighted by Crippen LogP contribution is 2.48. The minimum atomic E-state index is -0.921. The first-order valence-corrected chi connectivity index (χ1v) is 12.3. The largest absolute Gasteiger partial charge is 0.493 e. The van der Waals surface area contributed by atoms with Crippen LogP contribution in [0.2, 0.25) is 0 Å². The predicted molar refractivity (Wildman–Crippen MR) is 137 cm³/mol. The number of hydroxylamine groups is 1. The van der Waals surface area contributed by atoms with Crippen molar-refractivity contribution in [1.82, 2.24) is 0 Å². The summed E-state index contributed by atoms with van der Waals surface area (Å²) in [7, 11) is 1.60. The van der Waals surface area contributed by atoms with Crippen LogP contribution in [0.3, 0.4) is 0 Å². The first-order valence-electron chi connectivity index (χ1n) is 12.3. The second kappa shape index (κ2) is 10.0. The number of benzene rings is 3. The molecule has 2 aliphatic rings. The standard InChI is InChI=1S/C29H30N2O5/c1-4-5-17-35-23-16-13-20(18-24(23)34-3)26-25-27(36-31(26)22-9-7-6-8-10-22)29(33)30(28(25)32)21-14-11-19(2)12-15-21/h6-16,18,25-27H,4-5,17H2,1-3H3/t25-,26+,27-/m0/s1. The van der Waals surface area contributed by atoms with Crippen LogP contribution in [0.5, 0.6) is 11.5 Å². The van der Waals surface area contributed by atoms with E-state index < -0.39 is 18.1 Å². The molecule has 36 heavy (non-hydrogen) atoms. The number of methoxy groups -OCH3 is 1. The molecule has 2 saturated heterocycles. The number of carbonyl (C=O) groups is 2. The molecule has 0 aromatic heterocycles. The lowest BCUT2D eigenvalue weighted by Gasteiger charge is -2.29. The number of nitrogens with zero attached hydrogens (tertiary/aromatic N) is 2. The third kappa shape index (κ3) is 4.20. The summed E-state index contributed by atoms with van der Waals surface area (Å²) in [6, 6.07) is 22.0. The molecule has 7 heteroatoms. The van der Waals surface area contributed by atoms with Gasteiger partial charge in [-0.2, -0.15) is 0 Å². The fourth-order valence-electron chi connectivity index (χ4n) is 4.81. The Morgan fingerprint density at radius 1 is 0.889 bits per heavy atom. The quantitative estimate of drug-likeness (QED) is 0.321. The van der Waals surface area contributed by atoms with Gasteiger partial charge >= 0.3 is 0 Å². The Balaban J connectivity index is 1.54. The van der Waals surface area contributed by atoms with Gasteiger partial charge in [0, 0.05) is 0 Å². The van der Waals surface area contributed by atoms with Gasteiger partial charge in [-0.3, -0.25) is 14.4 Å². The zero-order chi connectivity index (χ0) is 25.2.